The molecule has 0 N–H and O–H groups in total. The van der Waals surface area contributed by atoms with Crippen molar-refractivity contribution in [2.45, 2.75) is 48.0 Å². The van der Waals surface area contributed by atoms with Gasteiger partial charge in [-0.2, -0.15) is 0 Å². The first-order valence-corrected chi connectivity index (χ1v) is 5.70. The van der Waals surface area contributed by atoms with Crippen molar-refractivity contribution < 1.29 is 0 Å². The first kappa shape index (κ1) is 14.2. The minimum atomic E-state index is 1.18. The Labute approximate surface area is 81.6 Å². The molecule has 0 amide bonds. The standard InChI is InChI=1S/C7H10S.2C2H6/c1-3-7-5-4-6(2)8-7;2*1-2/h4-5H,3H2,1-2H3;2*1-2H3. The van der Waals surface area contributed by atoms with Crippen LogP contribution in [0.5, 0.6) is 0 Å². The Morgan fingerprint density at radius 1 is 1.08 bits per heavy atom. The molecular formula is C11H22S. The third kappa shape index (κ3) is 6.41. The van der Waals surface area contributed by atoms with Crippen molar-refractivity contribution in [1.29, 1.82) is 0 Å². The highest BCUT2D eigenvalue weighted by Gasteiger charge is 1.89. The van der Waals surface area contributed by atoms with Crippen LogP contribution in [0.1, 0.15) is 44.4 Å². The van der Waals surface area contributed by atoms with Crippen LogP contribution in [0.4, 0.5) is 0 Å². The molecule has 0 bridgehead atoms. The van der Waals surface area contributed by atoms with Crippen molar-refractivity contribution in [3.63, 3.8) is 0 Å². The first-order chi connectivity index (χ1) is 5.83. The van der Waals surface area contributed by atoms with Gasteiger partial charge in [0.1, 0.15) is 0 Å². The van der Waals surface area contributed by atoms with Gasteiger partial charge >= 0.3 is 0 Å². The van der Waals surface area contributed by atoms with E-state index in [-0.39, 0.29) is 0 Å². The van der Waals surface area contributed by atoms with E-state index >= 15 is 0 Å². The Morgan fingerprint density at radius 3 is 1.75 bits per heavy atom. The monoisotopic (exact) mass is 186 g/mol. The third-order valence-electron chi connectivity index (χ3n) is 1.14. The predicted molar refractivity (Wildman–Crippen MR) is 61.1 cm³/mol. The van der Waals surface area contributed by atoms with E-state index in [9.17, 15) is 0 Å². The van der Waals surface area contributed by atoms with Gasteiger partial charge in [-0.25, -0.2) is 0 Å². The molecule has 0 atom stereocenters. The molecule has 1 heteroatoms. The van der Waals surface area contributed by atoms with Crippen molar-refractivity contribution in [3.05, 3.63) is 21.9 Å². The largest absolute Gasteiger partial charge is 0.146 e. The molecule has 0 nitrogen and oxygen atoms in total. The van der Waals surface area contributed by atoms with Gasteiger partial charge < -0.3 is 0 Å². The van der Waals surface area contributed by atoms with E-state index in [0.29, 0.717) is 0 Å². The molecule has 1 aromatic rings. The lowest BCUT2D eigenvalue weighted by Crippen LogP contribution is -1.63. The second-order valence-electron chi connectivity index (χ2n) is 1.87. The smallest absolute Gasteiger partial charge is 0.00453 e. The average Bonchev–Trinajstić information content (AvgIpc) is 2.58. The van der Waals surface area contributed by atoms with Crippen LogP contribution < -0.4 is 0 Å². The van der Waals surface area contributed by atoms with E-state index in [4.69, 9.17) is 0 Å². The minimum Gasteiger partial charge on any atom is -0.146 e. The van der Waals surface area contributed by atoms with Crippen molar-refractivity contribution in [3.8, 4) is 0 Å². The maximum Gasteiger partial charge on any atom is 0.00453 e. The minimum absolute atomic E-state index is 1.18. The molecule has 0 saturated carbocycles. The van der Waals surface area contributed by atoms with Crippen LogP contribution in [0.3, 0.4) is 0 Å². The molecule has 0 aliphatic rings. The molecule has 0 fully saturated rings. The molecule has 1 aromatic heterocycles. The van der Waals surface area contributed by atoms with E-state index < -0.39 is 0 Å². The summed E-state index contributed by atoms with van der Waals surface area (Å²) < 4.78 is 0. The Hall–Kier alpha value is -0.300. The van der Waals surface area contributed by atoms with Crippen LogP contribution in [-0.2, 0) is 6.42 Å². The maximum atomic E-state index is 2.19. The zero-order valence-corrected chi connectivity index (χ0v) is 10.1. The summed E-state index contributed by atoms with van der Waals surface area (Å²) in [6.45, 7) is 12.3. The van der Waals surface area contributed by atoms with Gasteiger partial charge in [0.15, 0.2) is 0 Å². The summed E-state index contributed by atoms with van der Waals surface area (Å²) in [5, 5.41) is 0. The van der Waals surface area contributed by atoms with Gasteiger partial charge in [0.2, 0.25) is 0 Å². The lowest BCUT2D eigenvalue weighted by Gasteiger charge is -1.80. The molecule has 72 valence electrons. The second kappa shape index (κ2) is 10.7. The highest BCUT2D eigenvalue weighted by atomic mass is 32.1. The Morgan fingerprint density at radius 2 is 1.58 bits per heavy atom. The Bertz CT molecular complexity index is 165. The summed E-state index contributed by atoms with van der Waals surface area (Å²) in [5.41, 5.74) is 0. The molecule has 1 rings (SSSR count). The van der Waals surface area contributed by atoms with Gasteiger partial charge in [0.05, 0.1) is 0 Å². The van der Waals surface area contributed by atoms with Crippen molar-refractivity contribution >= 4 is 11.3 Å². The topological polar surface area (TPSA) is 0 Å². The van der Waals surface area contributed by atoms with Crippen LogP contribution in [0.15, 0.2) is 12.1 Å². The number of rotatable bonds is 1. The van der Waals surface area contributed by atoms with Gasteiger partial charge in [0.25, 0.3) is 0 Å². The summed E-state index contributed by atoms with van der Waals surface area (Å²) in [6, 6.07) is 4.36. The molecule has 0 unspecified atom stereocenters. The summed E-state index contributed by atoms with van der Waals surface area (Å²) in [5.74, 6) is 0. The molecule has 0 aromatic carbocycles. The fourth-order valence-corrected chi connectivity index (χ4v) is 1.51. The van der Waals surface area contributed by atoms with E-state index in [1.165, 1.54) is 16.2 Å². The van der Waals surface area contributed by atoms with Crippen molar-refractivity contribution in [2.75, 3.05) is 0 Å². The third-order valence-corrected chi connectivity index (χ3v) is 2.29. The molecular weight excluding hydrogens is 164 g/mol. The number of hydrogen-bond donors (Lipinski definition) is 0. The summed E-state index contributed by atoms with van der Waals surface area (Å²) in [7, 11) is 0. The molecule has 0 saturated heterocycles. The van der Waals surface area contributed by atoms with Gasteiger partial charge in [-0.3, -0.25) is 0 Å². The molecule has 0 aliphatic carbocycles. The van der Waals surface area contributed by atoms with Crippen LogP contribution in [0.25, 0.3) is 0 Å². The Kier molecular flexibility index (Phi) is 12.7. The summed E-state index contributed by atoms with van der Waals surface area (Å²) >= 11 is 1.89. The maximum absolute atomic E-state index is 2.19. The quantitative estimate of drug-likeness (QED) is 0.598. The lowest BCUT2D eigenvalue weighted by molar-refractivity contribution is 1.19. The lowest BCUT2D eigenvalue weighted by atomic mass is 10.4. The second-order valence-corrected chi connectivity index (χ2v) is 3.24. The highest BCUT2D eigenvalue weighted by Crippen LogP contribution is 2.14. The molecule has 1 heterocycles. The zero-order chi connectivity index (χ0) is 9.98. The number of aryl methyl sites for hydroxylation is 2. The summed E-state index contributed by atoms with van der Waals surface area (Å²) in [6.07, 6.45) is 1.18. The summed E-state index contributed by atoms with van der Waals surface area (Å²) in [4.78, 5) is 2.91. The van der Waals surface area contributed by atoms with Crippen LogP contribution >= 0.6 is 11.3 Å². The van der Waals surface area contributed by atoms with Crippen LogP contribution in [0.2, 0.25) is 0 Å². The highest BCUT2D eigenvalue weighted by molar-refractivity contribution is 7.11. The molecule has 12 heavy (non-hydrogen) atoms. The zero-order valence-electron chi connectivity index (χ0n) is 9.27. The fraction of sp³-hybridized carbons (Fsp3) is 0.636. The van der Waals surface area contributed by atoms with Crippen LogP contribution in [0, 0.1) is 6.92 Å². The normalized spacial score (nSPS) is 7.50. The molecule has 0 spiro atoms. The van der Waals surface area contributed by atoms with E-state index in [1.807, 2.05) is 39.0 Å². The number of thiophene rings is 1. The number of hydrogen-bond acceptors (Lipinski definition) is 1. The van der Waals surface area contributed by atoms with Crippen molar-refractivity contribution in [2.24, 2.45) is 0 Å². The van der Waals surface area contributed by atoms with E-state index in [0.717, 1.165) is 0 Å². The van der Waals surface area contributed by atoms with Gasteiger partial charge in [-0.05, 0) is 25.5 Å². The van der Waals surface area contributed by atoms with E-state index in [2.05, 4.69) is 26.0 Å². The van der Waals surface area contributed by atoms with Crippen LogP contribution in [-0.4, -0.2) is 0 Å². The molecule has 0 radical (unpaired) electrons. The predicted octanol–water partition coefficient (Wildman–Crippen LogP) is 4.67. The van der Waals surface area contributed by atoms with Gasteiger partial charge in [0, 0.05) is 9.75 Å². The van der Waals surface area contributed by atoms with Gasteiger partial charge in [-0.15, -0.1) is 11.3 Å². The van der Waals surface area contributed by atoms with Crippen molar-refractivity contribution in [1.82, 2.24) is 0 Å². The SMILES string of the molecule is CC.CC.CCc1ccc(C)s1. The Balaban J connectivity index is 0. The van der Waals surface area contributed by atoms with E-state index in [1.54, 1.807) is 0 Å². The average molecular weight is 186 g/mol. The molecule has 0 aliphatic heterocycles. The van der Waals surface area contributed by atoms with Gasteiger partial charge in [-0.1, -0.05) is 34.6 Å². The fourth-order valence-electron chi connectivity index (χ4n) is 0.675. The first-order valence-electron chi connectivity index (χ1n) is 4.88.